The van der Waals surface area contributed by atoms with Gasteiger partial charge in [-0.25, -0.2) is 0 Å². The van der Waals surface area contributed by atoms with Crippen LogP contribution in [-0.4, -0.2) is 61.4 Å². The molecular formula is C14H20N2O4S. The summed E-state index contributed by atoms with van der Waals surface area (Å²) >= 11 is 1.34. The first kappa shape index (κ1) is 17.2. The Hall–Kier alpha value is -1.89. The van der Waals surface area contributed by atoms with E-state index in [4.69, 9.17) is 0 Å². The number of hydrogen-bond donors (Lipinski definition) is 0. The molecule has 0 fully saturated rings. The second-order valence-corrected chi connectivity index (χ2v) is 5.39. The van der Waals surface area contributed by atoms with Crippen molar-refractivity contribution in [3.8, 4) is 0 Å². The topological polar surface area (TPSA) is 66.9 Å². The molecule has 0 aliphatic heterocycles. The molecule has 0 saturated heterocycles. The summed E-state index contributed by atoms with van der Waals surface area (Å²) in [4.78, 5) is 38.8. The van der Waals surface area contributed by atoms with Gasteiger partial charge >= 0.3 is 5.97 Å². The van der Waals surface area contributed by atoms with Crippen LogP contribution in [0.2, 0.25) is 0 Å². The molecule has 7 heteroatoms. The van der Waals surface area contributed by atoms with Crippen LogP contribution in [0, 0.1) is 0 Å². The minimum Gasteiger partial charge on any atom is -0.469 e. The SMILES string of the molecule is CCN(CCC(=O)OC)C(=O)CN(C)C(=O)c1cccs1. The molecule has 0 radical (unpaired) electrons. The molecule has 0 saturated carbocycles. The second kappa shape index (κ2) is 8.41. The molecule has 116 valence electrons. The lowest BCUT2D eigenvalue weighted by Gasteiger charge is -2.23. The Bertz CT molecular complexity index is 487. The Labute approximate surface area is 128 Å². The van der Waals surface area contributed by atoms with Crippen LogP contribution >= 0.6 is 11.3 Å². The predicted octanol–water partition coefficient (Wildman–Crippen LogP) is 1.23. The van der Waals surface area contributed by atoms with Crippen LogP contribution in [0.3, 0.4) is 0 Å². The Balaban J connectivity index is 2.53. The Morgan fingerprint density at radius 3 is 2.57 bits per heavy atom. The first-order valence-electron chi connectivity index (χ1n) is 6.63. The van der Waals surface area contributed by atoms with E-state index in [1.54, 1.807) is 19.2 Å². The molecule has 1 heterocycles. The fraction of sp³-hybridized carbons (Fsp3) is 0.500. The maximum atomic E-state index is 12.1. The molecular weight excluding hydrogens is 292 g/mol. The summed E-state index contributed by atoms with van der Waals surface area (Å²) in [6.45, 7) is 2.60. The molecule has 0 aliphatic carbocycles. The van der Waals surface area contributed by atoms with E-state index in [0.29, 0.717) is 18.0 Å². The van der Waals surface area contributed by atoms with Crippen LogP contribution in [0.4, 0.5) is 0 Å². The summed E-state index contributed by atoms with van der Waals surface area (Å²) in [5.74, 6) is -0.722. The second-order valence-electron chi connectivity index (χ2n) is 4.44. The third-order valence-corrected chi connectivity index (χ3v) is 3.86. The van der Waals surface area contributed by atoms with E-state index in [-0.39, 0.29) is 30.7 Å². The average Bonchev–Trinajstić information content (AvgIpc) is 3.00. The van der Waals surface area contributed by atoms with Gasteiger partial charge in [-0.3, -0.25) is 14.4 Å². The zero-order valence-corrected chi connectivity index (χ0v) is 13.3. The van der Waals surface area contributed by atoms with Gasteiger partial charge in [-0.1, -0.05) is 6.07 Å². The van der Waals surface area contributed by atoms with Crippen LogP contribution in [0.5, 0.6) is 0 Å². The Kier molecular flexibility index (Phi) is 6.87. The molecule has 0 aromatic carbocycles. The van der Waals surface area contributed by atoms with Crippen LogP contribution < -0.4 is 0 Å². The number of ether oxygens (including phenoxy) is 1. The highest BCUT2D eigenvalue weighted by atomic mass is 32.1. The summed E-state index contributed by atoms with van der Waals surface area (Å²) in [5, 5.41) is 1.82. The van der Waals surface area contributed by atoms with E-state index < -0.39 is 0 Å². The number of hydrogen-bond acceptors (Lipinski definition) is 5. The zero-order chi connectivity index (χ0) is 15.8. The van der Waals surface area contributed by atoms with Gasteiger partial charge < -0.3 is 14.5 Å². The summed E-state index contributed by atoms with van der Waals surface area (Å²) < 4.78 is 4.55. The van der Waals surface area contributed by atoms with E-state index in [0.717, 1.165) is 0 Å². The van der Waals surface area contributed by atoms with Crippen molar-refractivity contribution in [3.63, 3.8) is 0 Å². The van der Waals surface area contributed by atoms with E-state index in [2.05, 4.69) is 4.74 Å². The maximum Gasteiger partial charge on any atom is 0.307 e. The smallest absolute Gasteiger partial charge is 0.307 e. The van der Waals surface area contributed by atoms with Gasteiger partial charge in [0.25, 0.3) is 5.91 Å². The summed E-state index contributed by atoms with van der Waals surface area (Å²) in [6, 6.07) is 3.52. The number of rotatable bonds is 7. The average molecular weight is 312 g/mol. The van der Waals surface area contributed by atoms with Crippen LogP contribution in [0.1, 0.15) is 23.0 Å². The lowest BCUT2D eigenvalue weighted by molar-refractivity contribution is -0.141. The number of methoxy groups -OCH3 is 1. The molecule has 0 unspecified atom stereocenters. The number of likely N-dealkylation sites (N-methyl/N-ethyl adjacent to an activating group) is 2. The number of thiophene rings is 1. The molecule has 6 nitrogen and oxygen atoms in total. The summed E-state index contributed by atoms with van der Waals surface area (Å²) in [5.41, 5.74) is 0. The van der Waals surface area contributed by atoms with Crippen molar-refractivity contribution in [2.75, 3.05) is 33.8 Å². The fourth-order valence-electron chi connectivity index (χ4n) is 1.75. The van der Waals surface area contributed by atoms with E-state index >= 15 is 0 Å². The molecule has 0 spiro atoms. The van der Waals surface area contributed by atoms with Crippen molar-refractivity contribution < 1.29 is 19.1 Å². The highest BCUT2D eigenvalue weighted by Gasteiger charge is 2.19. The Morgan fingerprint density at radius 2 is 2.05 bits per heavy atom. The van der Waals surface area contributed by atoms with Crippen LogP contribution in [0.15, 0.2) is 17.5 Å². The molecule has 0 N–H and O–H groups in total. The van der Waals surface area contributed by atoms with Crippen molar-refractivity contribution in [3.05, 3.63) is 22.4 Å². The van der Waals surface area contributed by atoms with Crippen molar-refractivity contribution in [1.29, 1.82) is 0 Å². The quantitative estimate of drug-likeness (QED) is 0.710. The van der Waals surface area contributed by atoms with Crippen LogP contribution in [0.25, 0.3) is 0 Å². The molecule has 1 aromatic rings. The standard InChI is InChI=1S/C14H20N2O4S/c1-4-16(8-7-13(18)20-3)12(17)10-15(2)14(19)11-6-5-9-21-11/h5-6,9H,4,7-8,10H2,1-3H3. The lowest BCUT2D eigenvalue weighted by Crippen LogP contribution is -2.41. The van der Waals surface area contributed by atoms with Crippen molar-refractivity contribution >= 4 is 29.1 Å². The van der Waals surface area contributed by atoms with Gasteiger partial charge in [-0.2, -0.15) is 0 Å². The van der Waals surface area contributed by atoms with Gasteiger partial charge in [0.1, 0.15) is 0 Å². The van der Waals surface area contributed by atoms with Crippen LogP contribution in [-0.2, 0) is 14.3 Å². The lowest BCUT2D eigenvalue weighted by atomic mass is 10.3. The van der Waals surface area contributed by atoms with Gasteiger partial charge in [0.15, 0.2) is 0 Å². The zero-order valence-electron chi connectivity index (χ0n) is 12.5. The van der Waals surface area contributed by atoms with E-state index in [9.17, 15) is 14.4 Å². The fourth-order valence-corrected chi connectivity index (χ4v) is 2.47. The molecule has 0 atom stereocenters. The number of carbonyl (C=O) groups excluding carboxylic acids is 3. The number of carbonyl (C=O) groups is 3. The first-order chi connectivity index (χ1) is 9.99. The molecule has 0 bridgehead atoms. The summed E-state index contributed by atoms with van der Waals surface area (Å²) in [6.07, 6.45) is 0.151. The van der Waals surface area contributed by atoms with Gasteiger partial charge in [0.05, 0.1) is 25.0 Å². The minimum atomic E-state index is -0.357. The summed E-state index contributed by atoms with van der Waals surface area (Å²) in [7, 11) is 2.90. The molecule has 1 rings (SSSR count). The monoisotopic (exact) mass is 312 g/mol. The van der Waals surface area contributed by atoms with Crippen molar-refractivity contribution in [2.24, 2.45) is 0 Å². The maximum absolute atomic E-state index is 12.1. The number of nitrogens with zero attached hydrogens (tertiary/aromatic N) is 2. The third kappa shape index (κ3) is 5.18. The molecule has 0 aliphatic rings. The largest absolute Gasteiger partial charge is 0.469 e. The Morgan fingerprint density at radius 1 is 1.33 bits per heavy atom. The first-order valence-corrected chi connectivity index (χ1v) is 7.51. The molecule has 21 heavy (non-hydrogen) atoms. The number of amides is 2. The van der Waals surface area contributed by atoms with E-state index in [1.165, 1.54) is 28.2 Å². The third-order valence-electron chi connectivity index (χ3n) is 3.00. The van der Waals surface area contributed by atoms with Gasteiger partial charge in [0.2, 0.25) is 5.91 Å². The highest BCUT2D eigenvalue weighted by Crippen LogP contribution is 2.11. The minimum absolute atomic E-state index is 0.00819. The number of esters is 1. The normalized spacial score (nSPS) is 10.0. The predicted molar refractivity (Wildman–Crippen MR) is 80.2 cm³/mol. The van der Waals surface area contributed by atoms with Crippen molar-refractivity contribution in [2.45, 2.75) is 13.3 Å². The van der Waals surface area contributed by atoms with E-state index in [1.807, 2.05) is 12.3 Å². The van der Waals surface area contributed by atoms with Gasteiger partial charge in [0, 0.05) is 20.1 Å². The van der Waals surface area contributed by atoms with Gasteiger partial charge in [-0.05, 0) is 18.4 Å². The molecule has 2 amide bonds. The highest BCUT2D eigenvalue weighted by molar-refractivity contribution is 7.12. The van der Waals surface area contributed by atoms with Gasteiger partial charge in [-0.15, -0.1) is 11.3 Å². The molecule has 1 aromatic heterocycles. The van der Waals surface area contributed by atoms with Crippen molar-refractivity contribution in [1.82, 2.24) is 9.80 Å².